The molecule has 1 amide bonds. The van der Waals surface area contributed by atoms with E-state index in [1.807, 2.05) is 23.1 Å². The van der Waals surface area contributed by atoms with Gasteiger partial charge in [-0.25, -0.2) is 0 Å². The van der Waals surface area contributed by atoms with Crippen LogP contribution in [0.15, 0.2) is 47.0 Å². The van der Waals surface area contributed by atoms with E-state index in [0.29, 0.717) is 13.0 Å². The van der Waals surface area contributed by atoms with E-state index >= 15 is 0 Å². The number of nitrogens with one attached hydrogen (secondary N) is 1. The maximum Gasteiger partial charge on any atom is 0.250 e. The number of amides is 1. The minimum atomic E-state index is 0.0816. The molecule has 0 spiro atoms. The van der Waals surface area contributed by atoms with Gasteiger partial charge in [-0.1, -0.05) is 44.2 Å². The molecule has 0 aliphatic carbocycles. The first-order chi connectivity index (χ1) is 18.4. The van der Waals surface area contributed by atoms with Gasteiger partial charge in [-0.2, -0.15) is 0 Å². The van der Waals surface area contributed by atoms with Crippen LogP contribution in [0.25, 0.3) is 17.2 Å². The van der Waals surface area contributed by atoms with E-state index < -0.39 is 0 Å². The van der Waals surface area contributed by atoms with Crippen molar-refractivity contribution in [2.45, 2.75) is 39.5 Å². The molecule has 0 radical (unpaired) electrons. The first kappa shape index (κ1) is 29.3. The quantitative estimate of drug-likeness (QED) is 0.371. The van der Waals surface area contributed by atoms with Crippen molar-refractivity contribution in [3.63, 3.8) is 0 Å². The lowest BCUT2D eigenvalue weighted by molar-refractivity contribution is -0.127. The summed E-state index contributed by atoms with van der Waals surface area (Å²) in [6, 6.07) is 12.2. The Bertz CT molecular complexity index is 1170. The highest BCUT2D eigenvalue weighted by atomic mass is 16.5. The van der Waals surface area contributed by atoms with E-state index in [2.05, 4.69) is 60.4 Å². The summed E-state index contributed by atoms with van der Waals surface area (Å²) in [5.41, 5.74) is 6.47. The Morgan fingerprint density at radius 2 is 1.76 bits per heavy atom. The van der Waals surface area contributed by atoms with Gasteiger partial charge in [0.15, 0.2) is 0 Å². The number of rotatable bonds is 13. The minimum Gasteiger partial charge on any atom is -0.383 e. The van der Waals surface area contributed by atoms with Crippen molar-refractivity contribution < 1.29 is 14.3 Å². The molecule has 1 heterocycles. The Kier molecular flexibility index (Phi) is 11.2. The summed E-state index contributed by atoms with van der Waals surface area (Å²) in [4.78, 5) is 33.7. The molecular formula is C31H42N4O3. The summed E-state index contributed by atoms with van der Waals surface area (Å²) in [5.74, 6) is 0.850. The van der Waals surface area contributed by atoms with Crippen molar-refractivity contribution in [1.29, 1.82) is 0 Å². The van der Waals surface area contributed by atoms with Crippen LogP contribution in [0.3, 0.4) is 0 Å². The second-order valence-corrected chi connectivity index (χ2v) is 9.81. The predicted molar refractivity (Wildman–Crippen MR) is 157 cm³/mol. The number of fused-ring (bicyclic) bond motifs is 1. The second-order valence-electron chi connectivity index (χ2n) is 9.81. The van der Waals surface area contributed by atoms with Crippen LogP contribution in [0.2, 0.25) is 0 Å². The van der Waals surface area contributed by atoms with Gasteiger partial charge in [0.1, 0.15) is 12.1 Å². The summed E-state index contributed by atoms with van der Waals surface area (Å²) >= 11 is 0. The number of ether oxygens (including phenoxy) is 1. The number of methoxy groups -OCH3 is 1. The van der Waals surface area contributed by atoms with Crippen LogP contribution in [0.1, 0.15) is 54.6 Å². The Hall–Kier alpha value is -3.29. The second kappa shape index (κ2) is 14.6. The van der Waals surface area contributed by atoms with Gasteiger partial charge >= 0.3 is 0 Å². The van der Waals surface area contributed by atoms with Gasteiger partial charge in [-0.15, -0.1) is 0 Å². The van der Waals surface area contributed by atoms with Crippen molar-refractivity contribution in [3.05, 3.63) is 58.7 Å². The Labute approximate surface area is 227 Å². The molecule has 1 N–H and O–H groups in total. The third kappa shape index (κ3) is 7.62. The molecule has 0 fully saturated rings. The molecule has 0 atom stereocenters. The lowest BCUT2D eigenvalue weighted by atomic mass is 9.96. The number of carbonyl (C=O) groups excluding carboxylic acids is 2. The fraction of sp³-hybridized carbons (Fsp3) is 0.452. The standard InChI is InChI=1S/C31H42N4O3/c1-6-13-35(14-7-2)31(37)28-19-26-10-8-24(20-29(26)33-30(21-28)32-3)23-9-11-27(22-36)25(18-23)12-15-34(4)16-17-38-5/h8-11,18-20,22H,6-7,12-17,21H2,1-5H3,(H,32,33). The van der Waals surface area contributed by atoms with Gasteiger partial charge in [0, 0.05) is 63.6 Å². The van der Waals surface area contributed by atoms with Gasteiger partial charge in [-0.05, 0) is 60.7 Å². The van der Waals surface area contributed by atoms with Crippen LogP contribution in [0.5, 0.6) is 0 Å². The molecule has 0 bridgehead atoms. The van der Waals surface area contributed by atoms with E-state index in [1.54, 1.807) is 14.2 Å². The topological polar surface area (TPSA) is 74.2 Å². The molecule has 38 heavy (non-hydrogen) atoms. The van der Waals surface area contributed by atoms with Crippen LogP contribution in [-0.4, -0.2) is 81.8 Å². The molecule has 204 valence electrons. The maximum absolute atomic E-state index is 13.4. The summed E-state index contributed by atoms with van der Waals surface area (Å²) in [6.45, 7) is 8.07. The zero-order chi connectivity index (χ0) is 27.5. The lowest BCUT2D eigenvalue weighted by Gasteiger charge is -2.22. The number of hydrogen-bond acceptors (Lipinski definition) is 5. The molecule has 7 heteroatoms. The van der Waals surface area contributed by atoms with Crippen molar-refractivity contribution in [3.8, 4) is 11.1 Å². The molecule has 2 aromatic rings. The van der Waals surface area contributed by atoms with Gasteiger partial charge in [0.05, 0.1) is 6.61 Å². The summed E-state index contributed by atoms with van der Waals surface area (Å²) in [6.07, 6.45) is 6.04. The largest absolute Gasteiger partial charge is 0.383 e. The maximum atomic E-state index is 13.4. The number of amidine groups is 1. The fourth-order valence-electron chi connectivity index (χ4n) is 4.71. The third-order valence-electron chi connectivity index (χ3n) is 6.88. The zero-order valence-corrected chi connectivity index (χ0v) is 23.5. The number of nitrogens with zero attached hydrogens (tertiary/aromatic N) is 3. The van der Waals surface area contributed by atoms with Crippen molar-refractivity contribution >= 4 is 29.8 Å². The molecule has 3 rings (SSSR count). The average molecular weight is 519 g/mol. The molecule has 0 saturated carbocycles. The lowest BCUT2D eigenvalue weighted by Crippen LogP contribution is -2.34. The monoisotopic (exact) mass is 518 g/mol. The minimum absolute atomic E-state index is 0.0816. The predicted octanol–water partition coefficient (Wildman–Crippen LogP) is 5.16. The van der Waals surface area contributed by atoms with Crippen molar-refractivity contribution in [1.82, 2.24) is 9.80 Å². The first-order valence-electron chi connectivity index (χ1n) is 13.6. The molecule has 1 aliphatic rings. The molecular weight excluding hydrogens is 476 g/mol. The summed E-state index contributed by atoms with van der Waals surface area (Å²) in [5, 5.41) is 3.46. The van der Waals surface area contributed by atoms with Gasteiger partial charge in [0.2, 0.25) is 5.91 Å². The molecule has 0 aromatic heterocycles. The van der Waals surface area contributed by atoms with Crippen molar-refractivity contribution in [2.24, 2.45) is 4.99 Å². The molecule has 7 nitrogen and oxygen atoms in total. The number of carbonyl (C=O) groups is 2. The normalized spacial score (nSPS) is 14.1. The van der Waals surface area contributed by atoms with Gasteiger partial charge in [0.25, 0.3) is 0 Å². The average Bonchev–Trinajstić information content (AvgIpc) is 3.13. The summed E-state index contributed by atoms with van der Waals surface area (Å²) < 4.78 is 5.17. The highest BCUT2D eigenvalue weighted by Crippen LogP contribution is 2.31. The fourth-order valence-corrected chi connectivity index (χ4v) is 4.71. The van der Waals surface area contributed by atoms with Crippen LogP contribution in [-0.2, 0) is 16.0 Å². The Morgan fingerprint density at radius 1 is 1.05 bits per heavy atom. The number of aliphatic imine (C=N–C) groups is 1. The molecule has 0 unspecified atom stereocenters. The van der Waals surface area contributed by atoms with Crippen molar-refractivity contribution in [2.75, 3.05) is 59.3 Å². The Balaban J connectivity index is 1.92. The van der Waals surface area contributed by atoms with Crippen LogP contribution >= 0.6 is 0 Å². The van der Waals surface area contributed by atoms with Crippen LogP contribution in [0.4, 0.5) is 5.69 Å². The summed E-state index contributed by atoms with van der Waals surface area (Å²) in [7, 11) is 5.52. The van der Waals surface area contributed by atoms with E-state index in [9.17, 15) is 9.59 Å². The smallest absolute Gasteiger partial charge is 0.250 e. The molecule has 2 aromatic carbocycles. The Morgan fingerprint density at radius 3 is 2.42 bits per heavy atom. The first-order valence-corrected chi connectivity index (χ1v) is 13.6. The number of anilines is 1. The van der Waals surface area contributed by atoms with E-state index in [0.717, 1.165) is 96.6 Å². The highest BCUT2D eigenvalue weighted by Gasteiger charge is 2.22. The zero-order valence-electron chi connectivity index (χ0n) is 23.5. The SMILES string of the molecule is CCCN(CCC)C(=O)C1=Cc2ccc(-c3ccc(C=O)c(CCN(C)CCOC)c3)cc2NC(=NC)C1. The number of hydrogen-bond donors (Lipinski definition) is 1. The van der Waals surface area contributed by atoms with E-state index in [-0.39, 0.29) is 5.91 Å². The number of benzene rings is 2. The van der Waals surface area contributed by atoms with Gasteiger partial charge in [-0.3, -0.25) is 14.6 Å². The number of likely N-dealkylation sites (N-methyl/N-ethyl adjacent to an activating group) is 1. The van der Waals surface area contributed by atoms with Crippen LogP contribution in [0, 0.1) is 0 Å². The third-order valence-corrected chi connectivity index (χ3v) is 6.88. The van der Waals surface area contributed by atoms with Gasteiger partial charge < -0.3 is 19.9 Å². The molecule has 1 aliphatic heterocycles. The van der Waals surface area contributed by atoms with E-state index in [1.165, 1.54) is 0 Å². The van der Waals surface area contributed by atoms with E-state index in [4.69, 9.17) is 4.74 Å². The number of aldehydes is 1. The van der Waals surface area contributed by atoms with Crippen LogP contribution < -0.4 is 5.32 Å². The highest BCUT2D eigenvalue weighted by molar-refractivity contribution is 6.10. The molecule has 0 saturated heterocycles.